The van der Waals surface area contributed by atoms with Gasteiger partial charge in [0, 0.05) is 43.2 Å². The molecule has 1 fully saturated rings. The fraction of sp³-hybridized carbons (Fsp3) is 0.250. The average molecular weight is 446 g/mol. The van der Waals surface area contributed by atoms with E-state index in [0.717, 1.165) is 5.56 Å². The highest BCUT2D eigenvalue weighted by atomic mass is 16.6. The molecule has 33 heavy (non-hydrogen) atoms. The van der Waals surface area contributed by atoms with Crippen molar-refractivity contribution < 1.29 is 19.3 Å². The Morgan fingerprint density at radius 2 is 1.88 bits per heavy atom. The Kier molecular flexibility index (Phi) is 6.12. The van der Waals surface area contributed by atoms with Gasteiger partial charge in [0.15, 0.2) is 5.78 Å². The van der Waals surface area contributed by atoms with Crippen LogP contribution in [-0.4, -0.2) is 43.4 Å². The normalized spacial score (nSPS) is 18.0. The number of hydrogen-bond donors (Lipinski definition) is 0. The van der Waals surface area contributed by atoms with E-state index in [1.165, 1.54) is 23.1 Å². The lowest BCUT2D eigenvalue weighted by molar-refractivity contribution is -0.385. The molecular weight excluding hydrogens is 424 g/mol. The highest BCUT2D eigenvalue weighted by molar-refractivity contribution is 6.44. The maximum absolute atomic E-state index is 13.4. The summed E-state index contributed by atoms with van der Waals surface area (Å²) >= 11 is 0. The predicted molar refractivity (Wildman–Crippen MR) is 118 cm³/mol. The summed E-state index contributed by atoms with van der Waals surface area (Å²) in [5.74, 6) is -3.28. The molecule has 2 atom stereocenters. The summed E-state index contributed by atoms with van der Waals surface area (Å²) in [6.07, 6.45) is 5.61. The molecule has 1 amide bonds. The zero-order valence-electron chi connectivity index (χ0n) is 18.0. The van der Waals surface area contributed by atoms with Gasteiger partial charge in [0.25, 0.3) is 11.6 Å². The third-order valence-corrected chi connectivity index (χ3v) is 5.82. The maximum Gasteiger partial charge on any atom is 0.291 e. The van der Waals surface area contributed by atoms with E-state index < -0.39 is 34.4 Å². The van der Waals surface area contributed by atoms with Gasteiger partial charge in [-0.15, -0.1) is 0 Å². The Hall–Kier alpha value is -4.14. The number of imidazole rings is 1. The number of carbonyl (C=O) groups is 3. The van der Waals surface area contributed by atoms with Gasteiger partial charge < -0.3 is 9.47 Å². The SMILES string of the molecule is Cc1ccc(C(=O)C2C(=O)C(=O)N(CCCn3ccnc3)C2c2cccc([N+](=O)[O-])c2)cc1. The Morgan fingerprint density at radius 1 is 1.12 bits per heavy atom. The fourth-order valence-corrected chi connectivity index (χ4v) is 4.16. The number of non-ortho nitro benzene ring substituents is 1. The van der Waals surface area contributed by atoms with Crippen molar-refractivity contribution in [3.8, 4) is 0 Å². The molecule has 2 unspecified atom stereocenters. The summed E-state index contributed by atoms with van der Waals surface area (Å²) in [4.78, 5) is 55.5. The fourth-order valence-electron chi connectivity index (χ4n) is 4.16. The van der Waals surface area contributed by atoms with Crippen LogP contribution in [0.15, 0.2) is 67.3 Å². The van der Waals surface area contributed by atoms with Crippen LogP contribution in [0.5, 0.6) is 0 Å². The Bertz CT molecular complexity index is 1200. The van der Waals surface area contributed by atoms with Gasteiger partial charge in [-0.25, -0.2) is 4.98 Å². The number of nitrogens with zero attached hydrogens (tertiary/aromatic N) is 4. The van der Waals surface area contributed by atoms with E-state index in [9.17, 15) is 24.5 Å². The minimum Gasteiger partial charge on any atom is -0.337 e. The first-order valence-electron chi connectivity index (χ1n) is 10.5. The molecule has 0 saturated carbocycles. The minimum absolute atomic E-state index is 0.167. The smallest absolute Gasteiger partial charge is 0.291 e. The molecule has 1 aliphatic heterocycles. The van der Waals surface area contributed by atoms with E-state index in [2.05, 4.69) is 4.98 Å². The van der Waals surface area contributed by atoms with Crippen molar-refractivity contribution in [3.63, 3.8) is 0 Å². The quantitative estimate of drug-likeness (QED) is 0.173. The number of carbonyl (C=O) groups excluding carboxylic acids is 3. The molecule has 1 aromatic heterocycles. The first kappa shape index (κ1) is 22.1. The zero-order chi connectivity index (χ0) is 23.5. The van der Waals surface area contributed by atoms with Gasteiger partial charge in [-0.1, -0.05) is 42.0 Å². The van der Waals surface area contributed by atoms with Crippen LogP contribution in [0.3, 0.4) is 0 Å². The third-order valence-electron chi connectivity index (χ3n) is 5.82. The maximum atomic E-state index is 13.4. The zero-order valence-corrected chi connectivity index (χ0v) is 18.0. The molecule has 4 rings (SSSR count). The number of rotatable bonds is 8. The molecule has 9 nitrogen and oxygen atoms in total. The van der Waals surface area contributed by atoms with Crippen LogP contribution in [0.25, 0.3) is 0 Å². The van der Waals surface area contributed by atoms with Gasteiger partial charge in [-0.05, 0) is 18.9 Å². The second-order valence-electron chi connectivity index (χ2n) is 8.02. The van der Waals surface area contributed by atoms with Gasteiger partial charge in [-0.2, -0.15) is 0 Å². The van der Waals surface area contributed by atoms with Crippen molar-refractivity contribution >= 4 is 23.2 Å². The molecule has 2 heterocycles. The molecule has 3 aromatic rings. The number of ketones is 2. The summed E-state index contributed by atoms with van der Waals surface area (Å²) < 4.78 is 1.85. The Morgan fingerprint density at radius 3 is 2.55 bits per heavy atom. The first-order chi connectivity index (χ1) is 15.9. The molecular formula is C24H22N4O5. The Balaban J connectivity index is 1.70. The molecule has 0 N–H and O–H groups in total. The largest absolute Gasteiger partial charge is 0.337 e. The molecule has 1 saturated heterocycles. The minimum atomic E-state index is -1.27. The van der Waals surface area contributed by atoms with Gasteiger partial charge >= 0.3 is 0 Å². The van der Waals surface area contributed by atoms with Gasteiger partial charge in [0.05, 0.1) is 17.3 Å². The highest BCUT2D eigenvalue weighted by Crippen LogP contribution is 2.39. The van der Waals surface area contributed by atoms with Gasteiger partial charge in [0.1, 0.15) is 5.92 Å². The number of aromatic nitrogens is 2. The second kappa shape index (κ2) is 9.15. The van der Waals surface area contributed by atoms with Crippen LogP contribution in [0.1, 0.15) is 33.9 Å². The third kappa shape index (κ3) is 4.43. The van der Waals surface area contributed by atoms with E-state index in [-0.39, 0.29) is 12.2 Å². The lowest BCUT2D eigenvalue weighted by atomic mass is 9.86. The van der Waals surface area contributed by atoms with Crippen molar-refractivity contribution in [3.05, 3.63) is 94.1 Å². The first-order valence-corrected chi connectivity index (χ1v) is 10.5. The van der Waals surface area contributed by atoms with Crippen LogP contribution in [0, 0.1) is 23.0 Å². The lowest BCUT2D eigenvalue weighted by Gasteiger charge is -2.27. The molecule has 0 spiro atoms. The molecule has 2 aromatic carbocycles. The summed E-state index contributed by atoms with van der Waals surface area (Å²) in [6.45, 7) is 2.66. The number of nitro groups is 1. The summed E-state index contributed by atoms with van der Waals surface area (Å²) in [5, 5.41) is 11.3. The van der Waals surface area contributed by atoms with Crippen LogP contribution in [0.4, 0.5) is 5.69 Å². The molecule has 0 bridgehead atoms. The monoisotopic (exact) mass is 446 g/mol. The van der Waals surface area contributed by atoms with Crippen molar-refractivity contribution in [1.29, 1.82) is 0 Å². The molecule has 0 aliphatic carbocycles. The number of benzene rings is 2. The standard InChI is InChI=1S/C24H22N4O5/c1-16-6-8-17(9-7-16)22(29)20-21(18-4-2-5-19(14-18)28(32)33)27(24(31)23(20)30)12-3-11-26-13-10-25-15-26/h2,4-10,13-15,20-21H,3,11-12H2,1H3. The number of nitro benzene ring substituents is 1. The van der Waals surface area contributed by atoms with E-state index in [1.54, 1.807) is 49.1 Å². The van der Waals surface area contributed by atoms with E-state index in [4.69, 9.17) is 0 Å². The van der Waals surface area contributed by atoms with Crippen LogP contribution in [0.2, 0.25) is 0 Å². The summed E-state index contributed by atoms with van der Waals surface area (Å²) in [7, 11) is 0. The average Bonchev–Trinajstić information content (AvgIpc) is 3.41. The van der Waals surface area contributed by atoms with E-state index in [1.807, 2.05) is 11.5 Å². The van der Waals surface area contributed by atoms with Gasteiger partial charge in [-0.3, -0.25) is 24.5 Å². The van der Waals surface area contributed by atoms with Crippen molar-refractivity contribution in [2.75, 3.05) is 6.54 Å². The number of likely N-dealkylation sites (tertiary alicyclic amines) is 1. The van der Waals surface area contributed by atoms with E-state index >= 15 is 0 Å². The predicted octanol–water partition coefficient (Wildman–Crippen LogP) is 3.14. The Labute approximate surface area is 189 Å². The number of hydrogen-bond acceptors (Lipinski definition) is 6. The topological polar surface area (TPSA) is 115 Å². The number of amides is 1. The van der Waals surface area contributed by atoms with Crippen LogP contribution < -0.4 is 0 Å². The number of aryl methyl sites for hydroxylation is 2. The van der Waals surface area contributed by atoms with Crippen LogP contribution in [-0.2, 0) is 16.1 Å². The second-order valence-corrected chi connectivity index (χ2v) is 8.02. The molecule has 168 valence electrons. The molecule has 0 radical (unpaired) electrons. The summed E-state index contributed by atoms with van der Waals surface area (Å²) in [5.41, 5.74) is 1.50. The van der Waals surface area contributed by atoms with Crippen LogP contribution >= 0.6 is 0 Å². The lowest BCUT2D eigenvalue weighted by Crippen LogP contribution is -2.32. The molecule has 9 heteroatoms. The highest BCUT2D eigenvalue weighted by Gasteiger charge is 2.51. The number of Topliss-reactive ketones (excluding diaryl/α,β-unsaturated/α-hetero) is 2. The van der Waals surface area contributed by atoms with Crippen molar-refractivity contribution in [1.82, 2.24) is 14.5 Å². The van der Waals surface area contributed by atoms with E-state index in [0.29, 0.717) is 24.1 Å². The molecule has 1 aliphatic rings. The summed E-state index contributed by atoms with van der Waals surface area (Å²) in [6, 6.07) is 11.6. The van der Waals surface area contributed by atoms with Gasteiger partial charge in [0.2, 0.25) is 5.78 Å². The van der Waals surface area contributed by atoms with Crippen molar-refractivity contribution in [2.45, 2.75) is 25.9 Å². The van der Waals surface area contributed by atoms with Crippen molar-refractivity contribution in [2.24, 2.45) is 5.92 Å².